The van der Waals surface area contributed by atoms with E-state index in [0.29, 0.717) is 12.6 Å². The average molecular weight is 243 g/mol. The Morgan fingerprint density at radius 1 is 1.18 bits per heavy atom. The van der Waals surface area contributed by atoms with E-state index in [-0.39, 0.29) is 5.91 Å². The molecule has 0 aliphatic carbocycles. The van der Waals surface area contributed by atoms with Gasteiger partial charge in [-0.25, -0.2) is 0 Å². The number of likely N-dealkylation sites (N-methyl/N-ethyl adjacent to an activating group) is 3. The van der Waals surface area contributed by atoms with Gasteiger partial charge in [-0.05, 0) is 48.0 Å². The molecule has 0 fully saturated rings. The largest absolute Gasteiger partial charge is 0.340 e. The van der Waals surface area contributed by atoms with Crippen LogP contribution >= 0.6 is 0 Å². The molecule has 0 aromatic rings. The summed E-state index contributed by atoms with van der Waals surface area (Å²) in [6.45, 7) is 9.42. The number of carbonyl (C=O) groups excluding carboxylic acids is 1. The van der Waals surface area contributed by atoms with Gasteiger partial charge in [0.15, 0.2) is 0 Å². The molecule has 1 unspecified atom stereocenters. The third-order valence-corrected chi connectivity index (χ3v) is 3.11. The molecule has 0 saturated heterocycles. The minimum Gasteiger partial charge on any atom is -0.340 e. The van der Waals surface area contributed by atoms with Crippen molar-refractivity contribution in [1.82, 2.24) is 14.7 Å². The van der Waals surface area contributed by atoms with Crippen LogP contribution in [0.2, 0.25) is 0 Å². The summed E-state index contributed by atoms with van der Waals surface area (Å²) in [7, 11) is 6.10. The summed E-state index contributed by atoms with van der Waals surface area (Å²) in [5.74, 6) is 0.233. The van der Waals surface area contributed by atoms with Gasteiger partial charge in [-0.2, -0.15) is 0 Å². The Morgan fingerprint density at radius 2 is 1.76 bits per heavy atom. The van der Waals surface area contributed by atoms with Gasteiger partial charge in [0.2, 0.25) is 5.91 Å². The SMILES string of the molecule is CCCN(C)CC(=O)N(CC)CC(C)N(C)C. The fraction of sp³-hybridized carbons (Fsp3) is 0.923. The van der Waals surface area contributed by atoms with Crippen LogP contribution < -0.4 is 0 Å². The average Bonchev–Trinajstić information content (AvgIpc) is 2.25. The van der Waals surface area contributed by atoms with Crippen molar-refractivity contribution in [2.24, 2.45) is 0 Å². The van der Waals surface area contributed by atoms with Gasteiger partial charge < -0.3 is 9.80 Å². The van der Waals surface area contributed by atoms with Crippen LogP contribution in [0.25, 0.3) is 0 Å². The first-order valence-corrected chi connectivity index (χ1v) is 6.55. The highest BCUT2D eigenvalue weighted by Crippen LogP contribution is 1.99. The first kappa shape index (κ1) is 16.4. The molecule has 1 atom stereocenters. The molecule has 102 valence electrons. The highest BCUT2D eigenvalue weighted by Gasteiger charge is 2.17. The van der Waals surface area contributed by atoms with Gasteiger partial charge >= 0.3 is 0 Å². The third kappa shape index (κ3) is 6.64. The lowest BCUT2D eigenvalue weighted by Gasteiger charge is -2.29. The van der Waals surface area contributed by atoms with Crippen molar-refractivity contribution in [2.45, 2.75) is 33.2 Å². The fourth-order valence-electron chi connectivity index (χ4n) is 1.68. The molecule has 0 spiro atoms. The summed E-state index contributed by atoms with van der Waals surface area (Å²) in [6, 6.07) is 0.399. The second-order valence-corrected chi connectivity index (χ2v) is 4.98. The second-order valence-electron chi connectivity index (χ2n) is 4.98. The van der Waals surface area contributed by atoms with E-state index in [1.54, 1.807) is 0 Å². The van der Waals surface area contributed by atoms with Gasteiger partial charge in [-0.3, -0.25) is 9.69 Å². The predicted octanol–water partition coefficient (Wildman–Crippen LogP) is 1.13. The predicted molar refractivity (Wildman–Crippen MR) is 73.2 cm³/mol. The maximum atomic E-state index is 12.1. The Morgan fingerprint density at radius 3 is 2.18 bits per heavy atom. The molecule has 0 aromatic carbocycles. The molecule has 4 nitrogen and oxygen atoms in total. The van der Waals surface area contributed by atoms with Crippen LogP contribution in [0.15, 0.2) is 0 Å². The zero-order valence-corrected chi connectivity index (χ0v) is 12.4. The molecule has 17 heavy (non-hydrogen) atoms. The molecule has 1 amide bonds. The first-order valence-electron chi connectivity index (χ1n) is 6.55. The number of rotatable bonds is 8. The lowest BCUT2D eigenvalue weighted by Crippen LogP contribution is -2.45. The van der Waals surface area contributed by atoms with Crippen LogP contribution in [0.5, 0.6) is 0 Å². The molecule has 0 aliphatic heterocycles. The lowest BCUT2D eigenvalue weighted by atomic mass is 10.2. The van der Waals surface area contributed by atoms with Crippen LogP contribution in [0.4, 0.5) is 0 Å². The van der Waals surface area contributed by atoms with E-state index in [0.717, 1.165) is 26.1 Å². The summed E-state index contributed by atoms with van der Waals surface area (Å²) < 4.78 is 0. The minimum atomic E-state index is 0.233. The van der Waals surface area contributed by atoms with Gasteiger partial charge in [0.1, 0.15) is 0 Å². The first-order chi connectivity index (χ1) is 7.92. The quantitative estimate of drug-likeness (QED) is 0.639. The summed E-state index contributed by atoms with van der Waals surface area (Å²) in [6.07, 6.45) is 1.09. The van der Waals surface area contributed by atoms with Crippen molar-refractivity contribution < 1.29 is 4.79 Å². The van der Waals surface area contributed by atoms with Crippen molar-refractivity contribution in [3.8, 4) is 0 Å². The van der Waals surface area contributed by atoms with E-state index in [4.69, 9.17) is 0 Å². The van der Waals surface area contributed by atoms with Crippen LogP contribution in [0, 0.1) is 0 Å². The van der Waals surface area contributed by atoms with E-state index in [1.165, 1.54) is 0 Å². The van der Waals surface area contributed by atoms with Crippen LogP contribution in [0.3, 0.4) is 0 Å². The number of hydrogen-bond acceptors (Lipinski definition) is 3. The summed E-state index contributed by atoms with van der Waals surface area (Å²) in [5.41, 5.74) is 0. The van der Waals surface area contributed by atoms with Gasteiger partial charge in [-0.1, -0.05) is 6.92 Å². The van der Waals surface area contributed by atoms with E-state index in [2.05, 4.69) is 23.6 Å². The molecule has 4 heteroatoms. The maximum absolute atomic E-state index is 12.1. The van der Waals surface area contributed by atoms with Crippen molar-refractivity contribution in [2.75, 3.05) is 47.3 Å². The standard InChI is InChI=1S/C13H29N3O/c1-7-9-15(6)11-13(17)16(8-2)10-12(3)14(4)5/h12H,7-11H2,1-6H3. The van der Waals surface area contributed by atoms with Gasteiger partial charge in [-0.15, -0.1) is 0 Å². The highest BCUT2D eigenvalue weighted by molar-refractivity contribution is 5.78. The van der Waals surface area contributed by atoms with E-state index in [9.17, 15) is 4.79 Å². The van der Waals surface area contributed by atoms with Crippen molar-refractivity contribution >= 4 is 5.91 Å². The summed E-state index contributed by atoms with van der Waals surface area (Å²) in [5, 5.41) is 0. The van der Waals surface area contributed by atoms with Crippen LogP contribution in [-0.4, -0.2) is 74.0 Å². The number of nitrogens with zero attached hydrogens (tertiary/aromatic N) is 3. The molecular weight excluding hydrogens is 214 g/mol. The molecule has 0 N–H and O–H groups in total. The van der Waals surface area contributed by atoms with E-state index in [1.807, 2.05) is 33.0 Å². The Balaban J connectivity index is 4.21. The lowest BCUT2D eigenvalue weighted by molar-refractivity contribution is -0.132. The highest BCUT2D eigenvalue weighted by atomic mass is 16.2. The zero-order chi connectivity index (χ0) is 13.4. The summed E-state index contributed by atoms with van der Waals surface area (Å²) in [4.78, 5) is 18.3. The summed E-state index contributed by atoms with van der Waals surface area (Å²) >= 11 is 0. The zero-order valence-electron chi connectivity index (χ0n) is 12.4. The van der Waals surface area contributed by atoms with Crippen LogP contribution in [0.1, 0.15) is 27.2 Å². The Kier molecular flexibility index (Phi) is 8.17. The number of amides is 1. The Hall–Kier alpha value is -0.610. The molecule has 0 bridgehead atoms. The normalized spacial score (nSPS) is 13.2. The van der Waals surface area contributed by atoms with Crippen molar-refractivity contribution in [3.63, 3.8) is 0 Å². The molecule has 0 saturated carbocycles. The maximum Gasteiger partial charge on any atom is 0.236 e. The fourth-order valence-corrected chi connectivity index (χ4v) is 1.68. The monoisotopic (exact) mass is 243 g/mol. The molecule has 0 heterocycles. The second kappa shape index (κ2) is 8.48. The third-order valence-electron chi connectivity index (χ3n) is 3.11. The Bertz CT molecular complexity index is 219. The number of hydrogen-bond donors (Lipinski definition) is 0. The van der Waals surface area contributed by atoms with E-state index < -0.39 is 0 Å². The van der Waals surface area contributed by atoms with Crippen molar-refractivity contribution in [3.05, 3.63) is 0 Å². The molecular formula is C13H29N3O. The minimum absolute atomic E-state index is 0.233. The van der Waals surface area contributed by atoms with Gasteiger partial charge in [0.05, 0.1) is 6.54 Å². The van der Waals surface area contributed by atoms with Gasteiger partial charge in [0.25, 0.3) is 0 Å². The molecule has 0 aliphatic rings. The number of carbonyl (C=O) groups is 1. The van der Waals surface area contributed by atoms with E-state index >= 15 is 0 Å². The topological polar surface area (TPSA) is 26.8 Å². The smallest absolute Gasteiger partial charge is 0.236 e. The molecule has 0 rings (SSSR count). The van der Waals surface area contributed by atoms with Gasteiger partial charge in [0, 0.05) is 19.1 Å². The molecule has 0 aromatic heterocycles. The Labute approximate surface area is 107 Å². The van der Waals surface area contributed by atoms with Crippen LogP contribution in [-0.2, 0) is 4.79 Å². The van der Waals surface area contributed by atoms with Crippen molar-refractivity contribution in [1.29, 1.82) is 0 Å². The molecule has 0 radical (unpaired) electrons.